The Kier molecular flexibility index (Phi) is 5.13. The molecule has 5 nitrogen and oxygen atoms in total. The van der Waals surface area contributed by atoms with Gasteiger partial charge in [0, 0.05) is 15.9 Å². The van der Waals surface area contributed by atoms with Gasteiger partial charge in [0.2, 0.25) is 0 Å². The molecule has 6 heteroatoms. The summed E-state index contributed by atoms with van der Waals surface area (Å²) in [6.07, 6.45) is 0. The Hall–Kier alpha value is -2.60. The lowest BCUT2D eigenvalue weighted by Crippen LogP contribution is -2.46. The normalized spacial score (nSPS) is 16.8. The molecule has 0 aliphatic carbocycles. The first-order chi connectivity index (χ1) is 12.4. The monoisotopic (exact) mass is 413 g/mol. The van der Waals surface area contributed by atoms with E-state index in [0.29, 0.717) is 11.3 Å². The smallest absolute Gasteiger partial charge is 0.319 e. The van der Waals surface area contributed by atoms with Crippen molar-refractivity contribution in [2.45, 2.75) is 26.8 Å². The van der Waals surface area contributed by atoms with Crippen LogP contribution in [-0.2, 0) is 4.79 Å². The van der Waals surface area contributed by atoms with Gasteiger partial charge in [-0.05, 0) is 55.7 Å². The summed E-state index contributed by atoms with van der Waals surface area (Å²) in [7, 11) is 0. The third kappa shape index (κ3) is 3.65. The van der Waals surface area contributed by atoms with Crippen LogP contribution in [0.25, 0.3) is 0 Å². The van der Waals surface area contributed by atoms with Crippen molar-refractivity contribution < 1.29 is 9.59 Å². The van der Waals surface area contributed by atoms with Gasteiger partial charge in [0.15, 0.2) is 0 Å². The van der Waals surface area contributed by atoms with Crippen LogP contribution in [0.3, 0.4) is 0 Å². The summed E-state index contributed by atoms with van der Waals surface area (Å²) >= 11 is 3.41. The van der Waals surface area contributed by atoms with Crippen molar-refractivity contribution in [3.63, 3.8) is 0 Å². The van der Waals surface area contributed by atoms with E-state index in [-0.39, 0.29) is 11.9 Å². The Balaban J connectivity index is 1.96. The summed E-state index contributed by atoms with van der Waals surface area (Å²) in [6.45, 7) is 5.71. The number of allylic oxidation sites excluding steroid dienone is 1. The average Bonchev–Trinajstić information content (AvgIpc) is 2.59. The van der Waals surface area contributed by atoms with Crippen molar-refractivity contribution in [1.82, 2.24) is 10.6 Å². The predicted octanol–water partition coefficient (Wildman–Crippen LogP) is 4.33. The van der Waals surface area contributed by atoms with Crippen molar-refractivity contribution in [2.24, 2.45) is 0 Å². The number of hydrogen-bond acceptors (Lipinski definition) is 2. The molecule has 3 N–H and O–H groups in total. The minimum atomic E-state index is -0.512. The number of benzene rings is 2. The van der Waals surface area contributed by atoms with Crippen LogP contribution in [0.4, 0.5) is 10.5 Å². The molecule has 0 unspecified atom stereocenters. The highest BCUT2D eigenvalue weighted by Crippen LogP contribution is 2.29. The molecular weight excluding hydrogens is 394 g/mol. The zero-order chi connectivity index (χ0) is 18.8. The number of halogens is 1. The van der Waals surface area contributed by atoms with Gasteiger partial charge in [0.25, 0.3) is 5.91 Å². The van der Waals surface area contributed by atoms with Crippen LogP contribution in [0.1, 0.15) is 29.7 Å². The average molecular weight is 414 g/mol. The Labute approximate surface area is 161 Å². The quantitative estimate of drug-likeness (QED) is 0.700. The topological polar surface area (TPSA) is 70.2 Å². The number of carbonyl (C=O) groups excluding carboxylic acids is 2. The molecule has 0 saturated carbocycles. The minimum absolute atomic E-state index is 0.239. The second-order valence-corrected chi connectivity index (χ2v) is 7.24. The van der Waals surface area contributed by atoms with Crippen LogP contribution in [0.15, 0.2) is 58.2 Å². The standard InChI is InChI=1S/C20H20BrN3O2/c1-11-5-4-6-16(12(11)2)23-19(25)17-13(3)22-20(26)24-18(17)14-7-9-15(21)10-8-14/h4-10,18H,1-3H3,(H,23,25)(H2,22,24,26)/t18-/m0/s1. The highest BCUT2D eigenvalue weighted by Gasteiger charge is 2.31. The molecule has 1 aliphatic heterocycles. The highest BCUT2D eigenvalue weighted by molar-refractivity contribution is 9.10. The lowest BCUT2D eigenvalue weighted by molar-refractivity contribution is -0.113. The van der Waals surface area contributed by atoms with E-state index in [9.17, 15) is 9.59 Å². The minimum Gasteiger partial charge on any atom is -0.327 e. The van der Waals surface area contributed by atoms with E-state index in [1.807, 2.05) is 56.3 Å². The van der Waals surface area contributed by atoms with Gasteiger partial charge in [0.05, 0.1) is 11.6 Å². The first kappa shape index (κ1) is 18.2. The number of rotatable bonds is 3. The fraction of sp³-hybridized carbons (Fsp3) is 0.200. The molecule has 0 radical (unpaired) electrons. The number of urea groups is 1. The zero-order valence-corrected chi connectivity index (χ0v) is 16.4. The van der Waals surface area contributed by atoms with Crippen LogP contribution >= 0.6 is 15.9 Å². The van der Waals surface area contributed by atoms with Crippen molar-refractivity contribution >= 4 is 33.6 Å². The van der Waals surface area contributed by atoms with E-state index < -0.39 is 6.04 Å². The first-order valence-electron chi connectivity index (χ1n) is 8.28. The van der Waals surface area contributed by atoms with E-state index in [4.69, 9.17) is 0 Å². The molecule has 1 heterocycles. The molecule has 2 aromatic carbocycles. The molecular formula is C20H20BrN3O2. The molecule has 2 aromatic rings. The lowest BCUT2D eigenvalue weighted by Gasteiger charge is -2.29. The Bertz CT molecular complexity index is 904. The van der Waals surface area contributed by atoms with Crippen molar-refractivity contribution in [2.75, 3.05) is 5.32 Å². The molecule has 0 fully saturated rings. The molecule has 26 heavy (non-hydrogen) atoms. The molecule has 134 valence electrons. The molecule has 3 rings (SSSR count). The number of nitrogens with one attached hydrogen (secondary N) is 3. The van der Waals surface area contributed by atoms with E-state index in [0.717, 1.165) is 26.9 Å². The molecule has 1 atom stereocenters. The van der Waals surface area contributed by atoms with Crippen LogP contribution in [0.5, 0.6) is 0 Å². The van der Waals surface area contributed by atoms with E-state index in [1.165, 1.54) is 0 Å². The molecule has 3 amide bonds. The van der Waals surface area contributed by atoms with Gasteiger partial charge in [-0.3, -0.25) is 4.79 Å². The maximum atomic E-state index is 13.0. The molecule has 0 spiro atoms. The maximum absolute atomic E-state index is 13.0. The van der Waals surface area contributed by atoms with E-state index in [2.05, 4.69) is 31.9 Å². The third-order valence-electron chi connectivity index (χ3n) is 4.57. The number of carbonyl (C=O) groups is 2. The summed E-state index contributed by atoms with van der Waals surface area (Å²) in [5, 5.41) is 8.51. The number of anilines is 1. The summed E-state index contributed by atoms with van der Waals surface area (Å²) < 4.78 is 0.934. The highest BCUT2D eigenvalue weighted by atomic mass is 79.9. The number of aryl methyl sites for hydroxylation is 1. The van der Waals surface area contributed by atoms with Gasteiger partial charge in [-0.15, -0.1) is 0 Å². The van der Waals surface area contributed by atoms with Gasteiger partial charge < -0.3 is 16.0 Å². The molecule has 0 aromatic heterocycles. The lowest BCUT2D eigenvalue weighted by atomic mass is 9.94. The van der Waals surface area contributed by atoms with Crippen molar-refractivity contribution in [3.05, 3.63) is 74.9 Å². The number of amides is 3. The largest absolute Gasteiger partial charge is 0.327 e. The fourth-order valence-corrected chi connectivity index (χ4v) is 3.24. The summed E-state index contributed by atoms with van der Waals surface area (Å²) in [5.74, 6) is -0.239. The second-order valence-electron chi connectivity index (χ2n) is 6.32. The SMILES string of the molecule is CC1=C(C(=O)Nc2cccc(C)c2C)[C@H](c2ccc(Br)cc2)NC(=O)N1. The molecule has 0 saturated heterocycles. The van der Waals surface area contributed by atoms with Gasteiger partial charge in [0.1, 0.15) is 0 Å². The van der Waals surface area contributed by atoms with Gasteiger partial charge in [-0.1, -0.05) is 40.2 Å². The van der Waals surface area contributed by atoms with E-state index >= 15 is 0 Å². The van der Waals surface area contributed by atoms with Crippen LogP contribution in [-0.4, -0.2) is 11.9 Å². The third-order valence-corrected chi connectivity index (χ3v) is 5.10. The Morgan fingerprint density at radius 3 is 2.46 bits per heavy atom. The fourth-order valence-electron chi connectivity index (χ4n) is 2.98. The molecule has 1 aliphatic rings. The Morgan fingerprint density at radius 1 is 1.08 bits per heavy atom. The van der Waals surface area contributed by atoms with Gasteiger partial charge >= 0.3 is 6.03 Å². The van der Waals surface area contributed by atoms with Crippen LogP contribution in [0.2, 0.25) is 0 Å². The second kappa shape index (κ2) is 7.33. The van der Waals surface area contributed by atoms with Gasteiger partial charge in [-0.2, -0.15) is 0 Å². The van der Waals surface area contributed by atoms with Crippen molar-refractivity contribution in [1.29, 1.82) is 0 Å². The van der Waals surface area contributed by atoms with Crippen molar-refractivity contribution in [3.8, 4) is 0 Å². The maximum Gasteiger partial charge on any atom is 0.319 e. The summed E-state index contributed by atoms with van der Waals surface area (Å²) in [6, 6.07) is 12.5. The van der Waals surface area contributed by atoms with Gasteiger partial charge in [-0.25, -0.2) is 4.79 Å². The summed E-state index contributed by atoms with van der Waals surface area (Å²) in [4.78, 5) is 25.0. The zero-order valence-electron chi connectivity index (χ0n) is 14.8. The molecule has 0 bridgehead atoms. The predicted molar refractivity (Wildman–Crippen MR) is 106 cm³/mol. The van der Waals surface area contributed by atoms with E-state index in [1.54, 1.807) is 6.92 Å². The number of hydrogen-bond donors (Lipinski definition) is 3. The summed E-state index contributed by atoms with van der Waals surface area (Å²) in [5.41, 5.74) is 4.77. The van der Waals surface area contributed by atoms with Crippen LogP contribution in [0, 0.1) is 13.8 Å². The van der Waals surface area contributed by atoms with Crippen LogP contribution < -0.4 is 16.0 Å². The first-order valence-corrected chi connectivity index (χ1v) is 9.07. The Morgan fingerprint density at radius 2 is 1.77 bits per heavy atom.